The maximum Gasteiger partial charge on any atom is 0.406 e. The monoisotopic (exact) mass is 360 g/mol. The fourth-order valence-corrected chi connectivity index (χ4v) is 1.77. The molecular weight excluding hydrogens is 345 g/mol. The molecule has 0 bridgehead atoms. The van der Waals surface area contributed by atoms with Crippen molar-refractivity contribution in [3.05, 3.63) is 46.0 Å². The summed E-state index contributed by atoms with van der Waals surface area (Å²) in [5, 5.41) is 10.5. The molecule has 0 aromatic heterocycles. The van der Waals surface area contributed by atoms with Crippen LogP contribution in [0.15, 0.2) is 30.3 Å². The smallest absolute Gasteiger partial charge is 0.406 e. The number of carbonyl (C=O) groups is 2. The average Bonchev–Trinajstić information content (AvgIpc) is 2.51. The van der Waals surface area contributed by atoms with Gasteiger partial charge in [0.2, 0.25) is 5.91 Å². The van der Waals surface area contributed by atoms with Gasteiger partial charge < -0.3 is 9.64 Å². The normalized spacial score (nSPS) is 11.4. The third-order valence-electron chi connectivity index (χ3n) is 2.83. The van der Waals surface area contributed by atoms with Crippen molar-refractivity contribution in [1.29, 1.82) is 0 Å². The molecule has 0 aliphatic heterocycles. The summed E-state index contributed by atoms with van der Waals surface area (Å²) in [5.74, 6) is -1.99. The molecule has 136 valence electrons. The Morgan fingerprint density at radius 3 is 2.36 bits per heavy atom. The van der Waals surface area contributed by atoms with E-state index in [0.717, 1.165) is 6.08 Å². The molecular formula is C15H15F3N2O5. The number of halogens is 3. The van der Waals surface area contributed by atoms with Crippen LogP contribution in [0.5, 0.6) is 0 Å². The number of ether oxygens (including phenoxy) is 1. The van der Waals surface area contributed by atoms with E-state index in [1.165, 1.54) is 37.3 Å². The lowest BCUT2D eigenvalue weighted by molar-refractivity contribution is -0.384. The number of nitro benzene ring substituents is 1. The Bertz CT molecular complexity index is 656. The van der Waals surface area contributed by atoms with Gasteiger partial charge in [0.05, 0.1) is 11.5 Å². The Hall–Kier alpha value is -2.91. The molecule has 1 rings (SSSR count). The van der Waals surface area contributed by atoms with Gasteiger partial charge in [-0.1, -0.05) is 0 Å². The molecule has 1 aromatic rings. The van der Waals surface area contributed by atoms with Crippen LogP contribution in [0.4, 0.5) is 18.9 Å². The van der Waals surface area contributed by atoms with Gasteiger partial charge in [-0.2, -0.15) is 13.2 Å². The molecule has 1 aromatic carbocycles. The van der Waals surface area contributed by atoms with Crippen molar-refractivity contribution in [2.45, 2.75) is 13.1 Å². The van der Waals surface area contributed by atoms with E-state index in [1.54, 1.807) is 0 Å². The van der Waals surface area contributed by atoms with E-state index in [4.69, 9.17) is 0 Å². The number of hydrogen-bond donors (Lipinski definition) is 0. The Balaban J connectivity index is 2.85. The van der Waals surface area contributed by atoms with Crippen molar-refractivity contribution >= 4 is 23.6 Å². The molecule has 0 saturated carbocycles. The number of nitro groups is 1. The van der Waals surface area contributed by atoms with Gasteiger partial charge in [0.1, 0.15) is 13.1 Å². The largest absolute Gasteiger partial charge is 0.465 e. The third-order valence-corrected chi connectivity index (χ3v) is 2.83. The molecule has 0 N–H and O–H groups in total. The van der Waals surface area contributed by atoms with E-state index in [2.05, 4.69) is 4.74 Å². The highest BCUT2D eigenvalue weighted by Crippen LogP contribution is 2.17. The van der Waals surface area contributed by atoms with Crippen molar-refractivity contribution in [1.82, 2.24) is 4.90 Å². The third kappa shape index (κ3) is 7.46. The Labute approximate surface area is 140 Å². The molecule has 0 spiro atoms. The number of benzene rings is 1. The van der Waals surface area contributed by atoms with Crippen LogP contribution in [0.2, 0.25) is 0 Å². The van der Waals surface area contributed by atoms with Gasteiger partial charge in [0, 0.05) is 18.2 Å². The molecule has 0 atom stereocenters. The van der Waals surface area contributed by atoms with E-state index in [9.17, 15) is 32.9 Å². The van der Waals surface area contributed by atoms with E-state index in [-0.39, 0.29) is 12.3 Å². The van der Waals surface area contributed by atoms with Gasteiger partial charge in [0.25, 0.3) is 5.69 Å². The SMILES string of the molecule is CCOC(=O)CN(CC(F)(F)F)C(=O)/C=C/c1ccc([N+](=O)[O-])cc1. The highest BCUT2D eigenvalue weighted by atomic mass is 19.4. The number of non-ortho nitro benzene ring substituents is 1. The number of hydrogen-bond acceptors (Lipinski definition) is 5. The first-order chi connectivity index (χ1) is 11.6. The van der Waals surface area contributed by atoms with Crippen LogP contribution >= 0.6 is 0 Å². The highest BCUT2D eigenvalue weighted by Gasteiger charge is 2.33. The lowest BCUT2D eigenvalue weighted by atomic mass is 10.2. The lowest BCUT2D eigenvalue weighted by Crippen LogP contribution is -2.41. The summed E-state index contributed by atoms with van der Waals surface area (Å²) in [6, 6.07) is 5.05. The number of rotatable bonds is 7. The lowest BCUT2D eigenvalue weighted by Gasteiger charge is -2.21. The fraction of sp³-hybridized carbons (Fsp3) is 0.333. The standard InChI is InChI=1S/C15H15F3N2O5/c1-2-25-14(22)9-19(10-15(16,17)18)13(21)8-5-11-3-6-12(7-4-11)20(23)24/h3-8H,2,9-10H2,1H3/b8-5+. The zero-order chi connectivity index (χ0) is 19.0. The maximum absolute atomic E-state index is 12.6. The summed E-state index contributed by atoms with van der Waals surface area (Å²) in [6.45, 7) is -0.972. The number of nitrogens with zero attached hydrogens (tertiary/aromatic N) is 2. The van der Waals surface area contributed by atoms with E-state index in [0.29, 0.717) is 10.5 Å². The van der Waals surface area contributed by atoms with Gasteiger partial charge in [0.15, 0.2) is 0 Å². The van der Waals surface area contributed by atoms with Crippen molar-refractivity contribution in [3.63, 3.8) is 0 Å². The Morgan fingerprint density at radius 2 is 1.88 bits per heavy atom. The minimum atomic E-state index is -4.68. The number of carbonyl (C=O) groups excluding carboxylic acids is 2. The van der Waals surface area contributed by atoms with Crippen molar-refractivity contribution < 1.29 is 32.4 Å². The molecule has 0 saturated heterocycles. The van der Waals surface area contributed by atoms with E-state index in [1.807, 2.05) is 0 Å². The Morgan fingerprint density at radius 1 is 1.28 bits per heavy atom. The van der Waals surface area contributed by atoms with Gasteiger partial charge in [-0.05, 0) is 30.7 Å². The van der Waals surface area contributed by atoms with Gasteiger partial charge in [-0.3, -0.25) is 19.7 Å². The van der Waals surface area contributed by atoms with Crippen LogP contribution in [-0.2, 0) is 14.3 Å². The highest BCUT2D eigenvalue weighted by molar-refractivity contribution is 5.93. The second kappa shape index (κ2) is 8.81. The maximum atomic E-state index is 12.6. The van der Waals surface area contributed by atoms with Crippen LogP contribution in [0.25, 0.3) is 6.08 Å². The topological polar surface area (TPSA) is 89.8 Å². The molecule has 0 aliphatic carbocycles. The second-order valence-corrected chi connectivity index (χ2v) is 4.80. The summed E-state index contributed by atoms with van der Waals surface area (Å²) < 4.78 is 42.2. The first-order valence-corrected chi connectivity index (χ1v) is 7.06. The number of esters is 1. The Kier molecular flexibility index (Phi) is 7.09. The molecule has 0 unspecified atom stereocenters. The second-order valence-electron chi connectivity index (χ2n) is 4.80. The van der Waals surface area contributed by atoms with Gasteiger partial charge in [-0.15, -0.1) is 0 Å². The summed E-state index contributed by atoms with van der Waals surface area (Å²) >= 11 is 0. The molecule has 0 fully saturated rings. The average molecular weight is 360 g/mol. The van der Waals surface area contributed by atoms with Crippen LogP contribution in [0, 0.1) is 10.1 Å². The molecule has 0 radical (unpaired) electrons. The van der Waals surface area contributed by atoms with Crippen LogP contribution in [0.3, 0.4) is 0 Å². The molecule has 7 nitrogen and oxygen atoms in total. The molecule has 10 heteroatoms. The predicted octanol–water partition coefficient (Wildman–Crippen LogP) is 2.56. The van der Waals surface area contributed by atoms with Gasteiger partial charge in [-0.25, -0.2) is 0 Å². The summed E-state index contributed by atoms with van der Waals surface area (Å²) in [6.07, 6.45) is -2.63. The zero-order valence-electron chi connectivity index (χ0n) is 13.2. The number of amides is 1. The predicted molar refractivity (Wildman–Crippen MR) is 81.4 cm³/mol. The quantitative estimate of drug-likeness (QED) is 0.323. The van der Waals surface area contributed by atoms with E-state index < -0.39 is 36.1 Å². The van der Waals surface area contributed by atoms with Gasteiger partial charge >= 0.3 is 12.1 Å². The number of alkyl halides is 3. The first-order valence-electron chi connectivity index (χ1n) is 7.06. The van der Waals surface area contributed by atoms with E-state index >= 15 is 0 Å². The minimum Gasteiger partial charge on any atom is -0.465 e. The first kappa shape index (κ1) is 20.1. The van der Waals surface area contributed by atoms with Crippen molar-refractivity contribution in [3.8, 4) is 0 Å². The van der Waals surface area contributed by atoms with Crippen molar-refractivity contribution in [2.24, 2.45) is 0 Å². The van der Waals surface area contributed by atoms with Crippen molar-refractivity contribution in [2.75, 3.05) is 19.7 Å². The fourth-order valence-electron chi connectivity index (χ4n) is 1.77. The van der Waals surface area contributed by atoms with Crippen LogP contribution < -0.4 is 0 Å². The summed E-state index contributed by atoms with van der Waals surface area (Å²) in [5.41, 5.74) is 0.214. The minimum absolute atomic E-state index is 0.0223. The van der Waals surface area contributed by atoms with Crippen LogP contribution in [-0.4, -0.2) is 47.6 Å². The molecule has 0 aliphatic rings. The van der Waals surface area contributed by atoms with Crippen LogP contribution in [0.1, 0.15) is 12.5 Å². The summed E-state index contributed by atoms with van der Waals surface area (Å²) in [7, 11) is 0. The summed E-state index contributed by atoms with van der Waals surface area (Å²) in [4.78, 5) is 33.5. The molecule has 1 amide bonds. The molecule has 0 heterocycles. The zero-order valence-corrected chi connectivity index (χ0v) is 13.2. The molecule has 25 heavy (non-hydrogen) atoms.